The second-order valence-electron chi connectivity index (χ2n) is 4.45. The summed E-state index contributed by atoms with van der Waals surface area (Å²) in [4.78, 5) is 8.02. The Kier molecular flexibility index (Phi) is 4.66. The summed E-state index contributed by atoms with van der Waals surface area (Å²) in [5, 5.41) is 16.1. The Labute approximate surface area is 117 Å². The van der Waals surface area contributed by atoms with Crippen LogP contribution in [0.25, 0.3) is 0 Å². The number of anilines is 1. The van der Waals surface area contributed by atoms with Gasteiger partial charge in [0, 0.05) is 24.4 Å². The molecule has 2 aromatic heterocycles. The largest absolute Gasteiger partial charge is 0.360 e. The van der Waals surface area contributed by atoms with E-state index in [2.05, 4.69) is 34.3 Å². The molecule has 1 N–H and O–H groups in total. The quantitative estimate of drug-likeness (QED) is 0.869. The van der Waals surface area contributed by atoms with E-state index in [1.54, 1.807) is 6.20 Å². The van der Waals surface area contributed by atoms with E-state index in [1.807, 2.05) is 12.1 Å². The Morgan fingerprint density at radius 2 is 2.05 bits per heavy atom. The van der Waals surface area contributed by atoms with Gasteiger partial charge in [0.05, 0.1) is 12.2 Å². The van der Waals surface area contributed by atoms with E-state index in [4.69, 9.17) is 9.78 Å². The van der Waals surface area contributed by atoms with Gasteiger partial charge in [-0.25, -0.2) is 9.97 Å². The molecule has 0 aliphatic carbocycles. The van der Waals surface area contributed by atoms with Crippen molar-refractivity contribution < 1.29 is 4.52 Å². The van der Waals surface area contributed by atoms with E-state index in [9.17, 15) is 0 Å². The third kappa shape index (κ3) is 3.12. The lowest BCUT2D eigenvalue weighted by Gasteiger charge is -2.06. The lowest BCUT2D eigenvalue weighted by atomic mass is 9.99. The maximum Gasteiger partial charge on any atom is 0.182 e. The summed E-state index contributed by atoms with van der Waals surface area (Å²) in [7, 11) is 0. The Morgan fingerprint density at radius 3 is 2.75 bits per heavy atom. The van der Waals surface area contributed by atoms with Crippen molar-refractivity contribution in [3.8, 4) is 6.07 Å². The van der Waals surface area contributed by atoms with Gasteiger partial charge < -0.3 is 9.84 Å². The van der Waals surface area contributed by atoms with Crippen molar-refractivity contribution in [2.24, 2.45) is 0 Å². The highest BCUT2D eigenvalue weighted by molar-refractivity contribution is 5.46. The molecule has 0 bridgehead atoms. The molecular formula is C14H17N5O. The van der Waals surface area contributed by atoms with Crippen molar-refractivity contribution >= 4 is 5.82 Å². The molecule has 0 radical (unpaired) electrons. The predicted octanol–water partition coefficient (Wildman–Crippen LogP) is 2.85. The number of nitrogens with one attached hydrogen (secondary N) is 1. The van der Waals surface area contributed by atoms with Crippen molar-refractivity contribution in [2.75, 3.05) is 5.32 Å². The molecule has 104 valence electrons. The molecule has 6 nitrogen and oxygen atoms in total. The van der Waals surface area contributed by atoms with Gasteiger partial charge in [0.25, 0.3) is 0 Å². The van der Waals surface area contributed by atoms with Crippen LogP contribution < -0.4 is 5.32 Å². The van der Waals surface area contributed by atoms with Crippen LogP contribution in [-0.2, 0) is 6.54 Å². The topological polar surface area (TPSA) is 87.6 Å². The Hall–Kier alpha value is -2.42. The van der Waals surface area contributed by atoms with Crippen LogP contribution >= 0.6 is 0 Å². The number of aromatic nitrogens is 3. The zero-order valence-corrected chi connectivity index (χ0v) is 11.6. The van der Waals surface area contributed by atoms with Crippen LogP contribution in [0.1, 0.15) is 49.8 Å². The van der Waals surface area contributed by atoms with Crippen LogP contribution in [-0.4, -0.2) is 15.1 Å². The molecule has 2 heterocycles. The molecule has 0 unspecified atom stereocenters. The fourth-order valence-corrected chi connectivity index (χ4v) is 2.03. The third-order valence-electron chi connectivity index (χ3n) is 3.22. The molecule has 0 saturated carbocycles. The normalized spacial score (nSPS) is 10.5. The van der Waals surface area contributed by atoms with Gasteiger partial charge in [0.15, 0.2) is 17.3 Å². The average molecular weight is 271 g/mol. The molecule has 6 heteroatoms. The molecule has 0 saturated heterocycles. The maximum absolute atomic E-state index is 8.93. The number of hydrogen-bond donors (Lipinski definition) is 1. The van der Waals surface area contributed by atoms with E-state index in [0.29, 0.717) is 18.3 Å². The number of nitrogens with zero attached hydrogens (tertiary/aromatic N) is 4. The molecule has 0 aliphatic rings. The van der Waals surface area contributed by atoms with E-state index < -0.39 is 0 Å². The first-order valence-corrected chi connectivity index (χ1v) is 6.68. The molecule has 0 fully saturated rings. The standard InChI is InChI=1S/C14H17N5O/c1-3-10(4-2)12-7-11(20-19-12)9-18-14-13(8-15)16-5-6-17-14/h5-7,10H,3-4,9H2,1-2H3,(H,17,18). The summed E-state index contributed by atoms with van der Waals surface area (Å²) in [5.41, 5.74) is 1.25. The fourth-order valence-electron chi connectivity index (χ4n) is 2.03. The predicted molar refractivity (Wildman–Crippen MR) is 73.9 cm³/mol. The first kappa shape index (κ1) is 14.0. The lowest BCUT2D eigenvalue weighted by molar-refractivity contribution is 0.375. The van der Waals surface area contributed by atoms with E-state index in [0.717, 1.165) is 24.3 Å². The highest BCUT2D eigenvalue weighted by atomic mass is 16.5. The summed E-state index contributed by atoms with van der Waals surface area (Å²) in [6, 6.07) is 3.94. The first-order chi connectivity index (χ1) is 9.78. The van der Waals surface area contributed by atoms with Gasteiger partial charge in [0.1, 0.15) is 6.07 Å². The number of nitriles is 1. The number of hydrogen-bond acceptors (Lipinski definition) is 6. The van der Waals surface area contributed by atoms with Crippen molar-refractivity contribution in [3.05, 3.63) is 35.6 Å². The minimum Gasteiger partial charge on any atom is -0.360 e. The second-order valence-corrected chi connectivity index (χ2v) is 4.45. The van der Waals surface area contributed by atoms with Crippen LogP contribution in [0, 0.1) is 11.3 Å². The van der Waals surface area contributed by atoms with Gasteiger partial charge in [-0.05, 0) is 12.8 Å². The van der Waals surface area contributed by atoms with E-state index in [1.165, 1.54) is 6.20 Å². The molecule has 0 aromatic carbocycles. The average Bonchev–Trinajstić information content (AvgIpc) is 2.95. The third-order valence-corrected chi connectivity index (χ3v) is 3.22. The zero-order chi connectivity index (χ0) is 14.4. The summed E-state index contributed by atoms with van der Waals surface area (Å²) >= 11 is 0. The molecular weight excluding hydrogens is 254 g/mol. The van der Waals surface area contributed by atoms with Gasteiger partial charge in [-0.3, -0.25) is 0 Å². The SMILES string of the molecule is CCC(CC)c1cc(CNc2nccnc2C#N)on1. The van der Waals surface area contributed by atoms with Crippen molar-refractivity contribution in [1.82, 2.24) is 15.1 Å². The van der Waals surface area contributed by atoms with Gasteiger partial charge in [-0.15, -0.1) is 0 Å². The van der Waals surface area contributed by atoms with Crippen LogP contribution in [0.3, 0.4) is 0 Å². The Balaban J connectivity index is 2.03. The molecule has 2 aromatic rings. The van der Waals surface area contributed by atoms with Crippen LogP contribution in [0.2, 0.25) is 0 Å². The zero-order valence-electron chi connectivity index (χ0n) is 11.6. The number of rotatable bonds is 6. The van der Waals surface area contributed by atoms with Crippen molar-refractivity contribution in [1.29, 1.82) is 5.26 Å². The van der Waals surface area contributed by atoms with E-state index in [-0.39, 0.29) is 5.69 Å². The molecule has 2 rings (SSSR count). The molecule has 0 spiro atoms. The van der Waals surface area contributed by atoms with Gasteiger partial charge in [-0.1, -0.05) is 19.0 Å². The van der Waals surface area contributed by atoms with Crippen LogP contribution in [0.5, 0.6) is 0 Å². The van der Waals surface area contributed by atoms with Gasteiger partial charge in [0.2, 0.25) is 0 Å². The minimum absolute atomic E-state index is 0.271. The second kappa shape index (κ2) is 6.66. The summed E-state index contributed by atoms with van der Waals surface area (Å²) in [6.07, 6.45) is 5.11. The summed E-state index contributed by atoms with van der Waals surface area (Å²) < 4.78 is 5.30. The smallest absolute Gasteiger partial charge is 0.182 e. The van der Waals surface area contributed by atoms with Crippen molar-refractivity contribution in [2.45, 2.75) is 39.2 Å². The van der Waals surface area contributed by atoms with Gasteiger partial charge >= 0.3 is 0 Å². The Morgan fingerprint density at radius 1 is 1.30 bits per heavy atom. The van der Waals surface area contributed by atoms with Crippen LogP contribution in [0.15, 0.2) is 23.0 Å². The highest BCUT2D eigenvalue weighted by Crippen LogP contribution is 2.22. The van der Waals surface area contributed by atoms with E-state index >= 15 is 0 Å². The minimum atomic E-state index is 0.271. The molecule has 20 heavy (non-hydrogen) atoms. The Bertz CT molecular complexity index is 598. The maximum atomic E-state index is 8.93. The monoisotopic (exact) mass is 271 g/mol. The summed E-state index contributed by atoms with van der Waals surface area (Å²) in [6.45, 7) is 4.71. The fraction of sp³-hybridized carbons (Fsp3) is 0.429. The molecule has 0 atom stereocenters. The highest BCUT2D eigenvalue weighted by Gasteiger charge is 2.13. The summed E-state index contributed by atoms with van der Waals surface area (Å²) in [5.74, 6) is 1.61. The molecule has 0 amide bonds. The van der Waals surface area contributed by atoms with Crippen molar-refractivity contribution in [3.63, 3.8) is 0 Å². The van der Waals surface area contributed by atoms with Gasteiger partial charge in [-0.2, -0.15) is 5.26 Å². The first-order valence-electron chi connectivity index (χ1n) is 6.68. The lowest BCUT2D eigenvalue weighted by Crippen LogP contribution is -2.03. The van der Waals surface area contributed by atoms with Crippen LogP contribution in [0.4, 0.5) is 5.82 Å². The molecule has 0 aliphatic heterocycles.